The van der Waals surface area contributed by atoms with Crippen LogP contribution in [0.4, 0.5) is 4.39 Å². The second-order valence-corrected chi connectivity index (χ2v) is 5.33. The van der Waals surface area contributed by atoms with Gasteiger partial charge in [-0.15, -0.1) is 0 Å². The molecule has 0 radical (unpaired) electrons. The molecule has 0 aliphatic carbocycles. The summed E-state index contributed by atoms with van der Waals surface area (Å²) in [5.74, 6) is -1.54. The molecule has 0 amide bonds. The Kier molecular flexibility index (Phi) is 3.38. The first-order valence-corrected chi connectivity index (χ1v) is 7.05. The van der Waals surface area contributed by atoms with Crippen LogP contribution >= 0.6 is 11.8 Å². The zero-order chi connectivity index (χ0) is 15.0. The Balaban J connectivity index is 2.20. The summed E-state index contributed by atoms with van der Waals surface area (Å²) in [6.45, 7) is 0. The lowest BCUT2D eigenvalue weighted by Gasteiger charge is -2.04. The molecular formula is C13H11FN4O2S. The van der Waals surface area contributed by atoms with E-state index in [2.05, 4.69) is 10.1 Å². The Morgan fingerprint density at radius 3 is 2.95 bits per heavy atom. The Morgan fingerprint density at radius 1 is 1.48 bits per heavy atom. The zero-order valence-corrected chi connectivity index (χ0v) is 11.8. The number of thioether (sulfide) groups is 1. The van der Waals surface area contributed by atoms with Gasteiger partial charge >= 0.3 is 5.97 Å². The van der Waals surface area contributed by atoms with E-state index in [-0.39, 0.29) is 11.3 Å². The number of carboxylic acid groups (broad SMARTS) is 1. The fraction of sp³-hybridized carbons (Fsp3) is 0.154. The number of nitrogens with zero attached hydrogens (tertiary/aromatic N) is 4. The van der Waals surface area contributed by atoms with E-state index < -0.39 is 11.8 Å². The number of hydrogen-bond donors (Lipinski definition) is 1. The molecule has 0 saturated heterocycles. The van der Waals surface area contributed by atoms with Crippen LogP contribution in [0.2, 0.25) is 0 Å². The second kappa shape index (κ2) is 5.21. The van der Waals surface area contributed by atoms with Crippen LogP contribution in [0.15, 0.2) is 35.7 Å². The first kappa shape index (κ1) is 13.6. The Bertz CT molecular complexity index is 827. The number of para-hydroxylation sites is 1. The van der Waals surface area contributed by atoms with Crippen LogP contribution in [0.5, 0.6) is 0 Å². The average Bonchev–Trinajstić information content (AvgIpc) is 3.00. The Hall–Kier alpha value is -2.35. The van der Waals surface area contributed by atoms with Gasteiger partial charge in [-0.2, -0.15) is 5.10 Å². The fourth-order valence-electron chi connectivity index (χ4n) is 2.04. The number of hydrogen-bond acceptors (Lipinski definition) is 4. The first-order valence-electron chi connectivity index (χ1n) is 6.07. The number of carbonyl (C=O) groups is 1. The van der Waals surface area contributed by atoms with Crippen LogP contribution in [0.1, 0.15) is 0 Å². The van der Waals surface area contributed by atoms with Gasteiger partial charge in [0.05, 0.1) is 23.2 Å². The van der Waals surface area contributed by atoms with Gasteiger partial charge in [0.1, 0.15) is 5.52 Å². The number of imidazole rings is 1. The van der Waals surface area contributed by atoms with Crippen LogP contribution in [0, 0.1) is 5.82 Å². The molecule has 2 heterocycles. The van der Waals surface area contributed by atoms with Crippen LogP contribution in [0.25, 0.3) is 16.7 Å². The summed E-state index contributed by atoms with van der Waals surface area (Å²) < 4.78 is 17.2. The van der Waals surface area contributed by atoms with Gasteiger partial charge in [0.2, 0.25) is 0 Å². The largest absolute Gasteiger partial charge is 0.481 e. The highest BCUT2D eigenvalue weighted by Gasteiger charge is 2.17. The molecule has 0 atom stereocenters. The lowest BCUT2D eigenvalue weighted by molar-refractivity contribution is -0.133. The van der Waals surface area contributed by atoms with E-state index in [1.807, 2.05) is 0 Å². The van der Waals surface area contributed by atoms with Gasteiger partial charge in [-0.1, -0.05) is 17.8 Å². The second-order valence-electron chi connectivity index (χ2n) is 4.39. The third kappa shape index (κ3) is 2.49. The molecule has 0 aliphatic heterocycles. The number of halogens is 1. The summed E-state index contributed by atoms with van der Waals surface area (Å²) in [6.07, 6.45) is 3.38. The maximum Gasteiger partial charge on any atom is 0.313 e. The Morgan fingerprint density at radius 2 is 2.29 bits per heavy atom. The minimum Gasteiger partial charge on any atom is -0.481 e. The molecule has 0 spiro atoms. The van der Waals surface area contributed by atoms with E-state index in [0.29, 0.717) is 16.4 Å². The van der Waals surface area contributed by atoms with Crippen LogP contribution in [-0.2, 0) is 11.8 Å². The van der Waals surface area contributed by atoms with Gasteiger partial charge in [0.25, 0.3) is 0 Å². The highest BCUT2D eigenvalue weighted by molar-refractivity contribution is 7.99. The summed E-state index contributed by atoms with van der Waals surface area (Å²) in [7, 11) is 1.77. The van der Waals surface area contributed by atoms with Crippen molar-refractivity contribution in [2.45, 2.75) is 5.16 Å². The average molecular weight is 306 g/mol. The molecule has 0 saturated carbocycles. The fourth-order valence-corrected chi connectivity index (χ4v) is 2.78. The lowest BCUT2D eigenvalue weighted by atomic mass is 10.3. The Labute approximate surface area is 123 Å². The van der Waals surface area contributed by atoms with Gasteiger partial charge in [0, 0.05) is 13.2 Å². The topological polar surface area (TPSA) is 72.9 Å². The number of aromatic nitrogens is 4. The molecular weight excluding hydrogens is 295 g/mol. The van der Waals surface area contributed by atoms with Gasteiger partial charge in [-0.05, 0) is 12.1 Å². The lowest BCUT2D eigenvalue weighted by Crippen LogP contribution is -2.01. The standard InChI is InChI=1S/C13H11FN4O2S/c1-17-6-8(5-15-17)18-10-4-2-3-9(14)12(10)16-13(18)21-7-11(19)20/h2-6H,7H2,1H3,(H,19,20). The van der Waals surface area contributed by atoms with Gasteiger partial charge in [-0.25, -0.2) is 9.37 Å². The van der Waals surface area contributed by atoms with E-state index in [1.165, 1.54) is 6.07 Å². The molecule has 1 aromatic carbocycles. The van der Waals surface area contributed by atoms with Gasteiger partial charge in [0.15, 0.2) is 11.0 Å². The van der Waals surface area contributed by atoms with Crippen LogP contribution in [-0.4, -0.2) is 36.2 Å². The number of aliphatic carboxylic acids is 1. The molecule has 3 aromatic rings. The molecule has 21 heavy (non-hydrogen) atoms. The van der Waals surface area contributed by atoms with Crippen LogP contribution in [0.3, 0.4) is 0 Å². The molecule has 1 N–H and O–H groups in total. The number of carboxylic acids is 1. The number of rotatable bonds is 4. The van der Waals surface area contributed by atoms with Crippen molar-refractivity contribution in [3.63, 3.8) is 0 Å². The molecule has 6 nitrogen and oxygen atoms in total. The van der Waals surface area contributed by atoms with Crippen molar-refractivity contribution in [3.8, 4) is 5.69 Å². The maximum absolute atomic E-state index is 13.9. The van der Waals surface area contributed by atoms with Crippen molar-refractivity contribution in [2.24, 2.45) is 7.05 Å². The molecule has 8 heteroatoms. The number of benzene rings is 1. The van der Waals surface area contributed by atoms with E-state index in [4.69, 9.17) is 5.11 Å². The van der Waals surface area contributed by atoms with E-state index >= 15 is 0 Å². The predicted molar refractivity (Wildman–Crippen MR) is 76.2 cm³/mol. The number of aryl methyl sites for hydroxylation is 1. The molecule has 0 aliphatic rings. The normalized spacial score (nSPS) is 11.1. The highest BCUT2D eigenvalue weighted by atomic mass is 32.2. The predicted octanol–water partition coefficient (Wildman–Crippen LogP) is 2.07. The molecule has 0 bridgehead atoms. The first-order chi connectivity index (χ1) is 10.1. The molecule has 0 fully saturated rings. The summed E-state index contributed by atoms with van der Waals surface area (Å²) in [5.41, 5.74) is 1.50. The smallest absolute Gasteiger partial charge is 0.313 e. The monoisotopic (exact) mass is 306 g/mol. The van der Waals surface area contributed by atoms with Crippen molar-refractivity contribution >= 4 is 28.8 Å². The van der Waals surface area contributed by atoms with Crippen molar-refractivity contribution in [1.82, 2.24) is 19.3 Å². The maximum atomic E-state index is 13.9. The molecule has 2 aromatic heterocycles. The zero-order valence-electron chi connectivity index (χ0n) is 11.0. The molecule has 3 rings (SSSR count). The summed E-state index contributed by atoms with van der Waals surface area (Å²) in [4.78, 5) is 15.0. The highest BCUT2D eigenvalue weighted by Crippen LogP contribution is 2.28. The minimum atomic E-state index is -0.953. The van der Waals surface area contributed by atoms with E-state index in [0.717, 1.165) is 11.8 Å². The number of fused-ring (bicyclic) bond motifs is 1. The molecule has 0 unspecified atom stereocenters. The van der Waals surface area contributed by atoms with Crippen molar-refractivity contribution < 1.29 is 14.3 Å². The quantitative estimate of drug-likeness (QED) is 0.747. The van der Waals surface area contributed by atoms with Crippen molar-refractivity contribution in [3.05, 3.63) is 36.4 Å². The van der Waals surface area contributed by atoms with Gasteiger partial charge in [-0.3, -0.25) is 14.0 Å². The third-order valence-electron chi connectivity index (χ3n) is 2.88. The van der Waals surface area contributed by atoms with Crippen LogP contribution < -0.4 is 0 Å². The molecule has 108 valence electrons. The van der Waals surface area contributed by atoms with Crippen molar-refractivity contribution in [2.75, 3.05) is 5.75 Å². The van der Waals surface area contributed by atoms with E-state index in [1.54, 1.807) is 40.8 Å². The van der Waals surface area contributed by atoms with E-state index in [9.17, 15) is 9.18 Å². The summed E-state index contributed by atoms with van der Waals surface area (Å²) in [5, 5.41) is 13.3. The SMILES string of the molecule is Cn1cc(-n2c(SCC(=O)O)nc3c(F)cccc32)cn1. The third-order valence-corrected chi connectivity index (χ3v) is 3.80. The van der Waals surface area contributed by atoms with Gasteiger partial charge < -0.3 is 5.11 Å². The summed E-state index contributed by atoms with van der Waals surface area (Å²) >= 11 is 1.04. The van der Waals surface area contributed by atoms with Crippen molar-refractivity contribution in [1.29, 1.82) is 0 Å². The summed E-state index contributed by atoms with van der Waals surface area (Å²) in [6, 6.07) is 4.66. The minimum absolute atomic E-state index is 0.148.